The van der Waals surface area contributed by atoms with Gasteiger partial charge >= 0.3 is 0 Å². The van der Waals surface area contributed by atoms with E-state index >= 15 is 0 Å². The predicted molar refractivity (Wildman–Crippen MR) is 98.9 cm³/mol. The van der Waals surface area contributed by atoms with Gasteiger partial charge in [0.2, 0.25) is 12.7 Å². The number of amides is 1. The second kappa shape index (κ2) is 7.98. The molecular weight excluding hydrogens is 344 g/mol. The van der Waals surface area contributed by atoms with Crippen LogP contribution in [0, 0.1) is 13.8 Å². The van der Waals surface area contributed by atoms with Crippen LogP contribution in [0.5, 0.6) is 17.2 Å². The Morgan fingerprint density at radius 3 is 2.72 bits per heavy atom. The molecule has 3 N–H and O–H groups in total. The highest BCUT2D eigenvalue weighted by Crippen LogP contribution is 2.38. The minimum absolute atomic E-state index is 0. The summed E-state index contributed by atoms with van der Waals surface area (Å²) in [6.45, 7) is 4.48. The number of anilines is 2. The van der Waals surface area contributed by atoms with Gasteiger partial charge in [0.25, 0.3) is 0 Å². The first-order chi connectivity index (χ1) is 11.5. The van der Waals surface area contributed by atoms with Crippen molar-refractivity contribution in [3.05, 3.63) is 41.5 Å². The fourth-order valence-electron chi connectivity index (χ4n) is 2.41. The quantitative estimate of drug-likeness (QED) is 0.794. The van der Waals surface area contributed by atoms with Crippen LogP contribution in [0.3, 0.4) is 0 Å². The number of carbonyl (C=O) groups is 1. The molecule has 0 fully saturated rings. The van der Waals surface area contributed by atoms with Crippen molar-refractivity contribution in [2.24, 2.45) is 0 Å². The monoisotopic (exact) mass is 364 g/mol. The van der Waals surface area contributed by atoms with Crippen LogP contribution < -0.4 is 25.3 Å². The summed E-state index contributed by atoms with van der Waals surface area (Å²) in [5.41, 5.74) is 9.10. The van der Waals surface area contributed by atoms with Crippen molar-refractivity contribution in [2.45, 2.75) is 20.3 Å². The molecule has 0 unspecified atom stereocenters. The fourth-order valence-corrected chi connectivity index (χ4v) is 2.41. The summed E-state index contributed by atoms with van der Waals surface area (Å²) in [6, 6.07) is 9.17. The normalized spacial score (nSPS) is 11.6. The van der Waals surface area contributed by atoms with Gasteiger partial charge in [-0.25, -0.2) is 0 Å². The van der Waals surface area contributed by atoms with E-state index in [1.165, 1.54) is 0 Å². The van der Waals surface area contributed by atoms with Crippen LogP contribution in [0.1, 0.15) is 17.5 Å². The van der Waals surface area contributed by atoms with E-state index < -0.39 is 0 Å². The number of hydrogen-bond acceptors (Lipinski definition) is 5. The standard InChI is InChI=1S/C18H20N2O4.ClH/c1-11-4-3-5-15(12(11)2)22-7-6-18(21)20-14-9-17-16(8-13(14)19)23-10-24-17;/h3-5,8-9H,6-7,10,19H2,1-2H3,(H,20,21);1H. The molecule has 1 aliphatic rings. The number of nitrogen functional groups attached to an aromatic ring is 1. The molecule has 0 spiro atoms. The molecule has 0 atom stereocenters. The van der Waals surface area contributed by atoms with Crippen LogP contribution in [0.25, 0.3) is 0 Å². The maximum Gasteiger partial charge on any atom is 0.231 e. The van der Waals surface area contributed by atoms with Gasteiger partial charge in [0, 0.05) is 12.1 Å². The van der Waals surface area contributed by atoms with Gasteiger partial charge in [0.1, 0.15) is 5.75 Å². The highest BCUT2D eigenvalue weighted by Gasteiger charge is 2.17. The number of aryl methyl sites for hydroxylation is 1. The van der Waals surface area contributed by atoms with Crippen molar-refractivity contribution in [1.29, 1.82) is 0 Å². The highest BCUT2D eigenvalue weighted by atomic mass is 35.5. The number of ether oxygens (including phenoxy) is 3. The molecular formula is C18H21ClN2O4. The van der Waals surface area contributed by atoms with Crippen molar-refractivity contribution in [2.75, 3.05) is 24.5 Å². The summed E-state index contributed by atoms with van der Waals surface area (Å²) in [7, 11) is 0. The van der Waals surface area contributed by atoms with E-state index in [0.717, 1.165) is 16.9 Å². The zero-order valence-electron chi connectivity index (χ0n) is 14.1. The molecule has 0 aliphatic carbocycles. The van der Waals surface area contributed by atoms with Gasteiger partial charge in [0.05, 0.1) is 24.4 Å². The van der Waals surface area contributed by atoms with Crippen LogP contribution in [0.4, 0.5) is 11.4 Å². The topological polar surface area (TPSA) is 82.8 Å². The lowest BCUT2D eigenvalue weighted by Gasteiger charge is -2.12. The van der Waals surface area contributed by atoms with Gasteiger partial charge in [-0.3, -0.25) is 4.79 Å². The molecule has 2 aromatic rings. The maximum atomic E-state index is 12.1. The third-order valence-electron chi connectivity index (χ3n) is 3.96. The van der Waals surface area contributed by atoms with Crippen LogP contribution in [-0.2, 0) is 4.79 Å². The Bertz CT molecular complexity index is 780. The first kappa shape index (κ1) is 18.7. The van der Waals surface area contributed by atoms with Gasteiger partial charge in [0.15, 0.2) is 11.5 Å². The first-order valence-electron chi connectivity index (χ1n) is 7.72. The highest BCUT2D eigenvalue weighted by molar-refractivity contribution is 5.94. The number of rotatable bonds is 5. The number of halogens is 1. The SMILES string of the molecule is Cc1cccc(OCCC(=O)Nc2cc3c(cc2N)OCO3)c1C.Cl. The molecule has 3 rings (SSSR count). The average molecular weight is 365 g/mol. The summed E-state index contributed by atoms with van der Waals surface area (Å²) in [5.74, 6) is 1.78. The first-order valence-corrected chi connectivity index (χ1v) is 7.72. The Hall–Kier alpha value is -2.60. The van der Waals surface area contributed by atoms with E-state index in [4.69, 9.17) is 19.9 Å². The lowest BCUT2D eigenvalue weighted by atomic mass is 10.1. The van der Waals surface area contributed by atoms with Gasteiger partial charge in [-0.2, -0.15) is 0 Å². The number of hydrogen-bond donors (Lipinski definition) is 2. The van der Waals surface area contributed by atoms with Gasteiger partial charge < -0.3 is 25.3 Å². The summed E-state index contributed by atoms with van der Waals surface area (Å²) >= 11 is 0. The molecule has 1 amide bonds. The summed E-state index contributed by atoms with van der Waals surface area (Å²) in [6.07, 6.45) is 0.223. The number of nitrogens with one attached hydrogen (secondary N) is 1. The van der Waals surface area contributed by atoms with E-state index in [-0.39, 0.29) is 31.5 Å². The maximum absolute atomic E-state index is 12.1. The Kier molecular flexibility index (Phi) is 5.98. The van der Waals surface area contributed by atoms with E-state index in [1.54, 1.807) is 12.1 Å². The van der Waals surface area contributed by atoms with Gasteiger partial charge in [-0.05, 0) is 31.0 Å². The Balaban J connectivity index is 0.00000225. The average Bonchev–Trinajstić information content (AvgIpc) is 2.99. The smallest absolute Gasteiger partial charge is 0.231 e. The lowest BCUT2D eigenvalue weighted by Crippen LogP contribution is -2.16. The third-order valence-corrected chi connectivity index (χ3v) is 3.96. The zero-order valence-corrected chi connectivity index (χ0v) is 14.9. The van der Waals surface area contributed by atoms with E-state index in [1.807, 2.05) is 32.0 Å². The number of fused-ring (bicyclic) bond motifs is 1. The summed E-state index contributed by atoms with van der Waals surface area (Å²) in [5, 5.41) is 2.77. The van der Waals surface area contributed by atoms with Gasteiger partial charge in [-0.15, -0.1) is 12.4 Å². The molecule has 1 aliphatic heterocycles. The van der Waals surface area contributed by atoms with Crippen molar-refractivity contribution in [3.8, 4) is 17.2 Å². The fraction of sp³-hybridized carbons (Fsp3) is 0.278. The van der Waals surface area contributed by atoms with Crippen LogP contribution in [0.2, 0.25) is 0 Å². The van der Waals surface area contributed by atoms with Crippen molar-refractivity contribution in [3.63, 3.8) is 0 Å². The second-order valence-electron chi connectivity index (χ2n) is 5.64. The second-order valence-corrected chi connectivity index (χ2v) is 5.64. The molecule has 7 heteroatoms. The summed E-state index contributed by atoms with van der Waals surface area (Å²) < 4.78 is 16.2. The molecule has 0 aromatic heterocycles. The van der Waals surface area contributed by atoms with Crippen molar-refractivity contribution in [1.82, 2.24) is 0 Å². The third kappa shape index (κ3) is 4.28. The largest absolute Gasteiger partial charge is 0.493 e. The van der Waals surface area contributed by atoms with E-state index in [2.05, 4.69) is 5.32 Å². The number of benzene rings is 2. The van der Waals surface area contributed by atoms with E-state index in [9.17, 15) is 4.79 Å². The molecule has 0 saturated carbocycles. The molecule has 6 nitrogen and oxygen atoms in total. The molecule has 0 saturated heterocycles. The van der Waals surface area contributed by atoms with E-state index in [0.29, 0.717) is 29.5 Å². The minimum Gasteiger partial charge on any atom is -0.493 e. The Morgan fingerprint density at radius 1 is 1.24 bits per heavy atom. The molecule has 0 bridgehead atoms. The zero-order chi connectivity index (χ0) is 17.1. The van der Waals surface area contributed by atoms with Crippen molar-refractivity contribution >= 4 is 29.7 Å². The minimum atomic E-state index is -0.175. The van der Waals surface area contributed by atoms with Gasteiger partial charge in [-0.1, -0.05) is 12.1 Å². The predicted octanol–water partition coefficient (Wildman–Crippen LogP) is 3.44. The number of nitrogens with two attached hydrogens (primary N) is 1. The van der Waals surface area contributed by atoms with Crippen LogP contribution in [0.15, 0.2) is 30.3 Å². The van der Waals surface area contributed by atoms with Crippen LogP contribution >= 0.6 is 12.4 Å². The van der Waals surface area contributed by atoms with Crippen molar-refractivity contribution < 1.29 is 19.0 Å². The lowest BCUT2D eigenvalue weighted by molar-refractivity contribution is -0.116. The Labute approximate surface area is 152 Å². The molecule has 1 heterocycles. The molecule has 25 heavy (non-hydrogen) atoms. The number of carbonyl (C=O) groups excluding carboxylic acids is 1. The molecule has 134 valence electrons. The Morgan fingerprint density at radius 2 is 1.96 bits per heavy atom. The molecule has 2 aromatic carbocycles. The van der Waals surface area contributed by atoms with Crippen LogP contribution in [-0.4, -0.2) is 19.3 Å². The molecule has 0 radical (unpaired) electrons. The summed E-state index contributed by atoms with van der Waals surface area (Å²) in [4.78, 5) is 12.1.